The van der Waals surface area contributed by atoms with Crippen molar-refractivity contribution in [3.05, 3.63) is 29.3 Å². The average molecular weight is 311 g/mol. The van der Waals surface area contributed by atoms with Gasteiger partial charge in [0.15, 0.2) is 0 Å². The van der Waals surface area contributed by atoms with Crippen molar-refractivity contribution in [2.24, 2.45) is 5.92 Å². The number of aryl methyl sites for hydroxylation is 1. The summed E-state index contributed by atoms with van der Waals surface area (Å²) in [6.07, 6.45) is 4.84. The van der Waals surface area contributed by atoms with Crippen LogP contribution in [-0.2, 0) is 23.1 Å². The van der Waals surface area contributed by atoms with Crippen molar-refractivity contribution in [3.63, 3.8) is 0 Å². The van der Waals surface area contributed by atoms with E-state index in [2.05, 4.69) is 11.6 Å². The molecule has 1 aliphatic rings. The highest BCUT2D eigenvalue weighted by molar-refractivity contribution is 7.89. The van der Waals surface area contributed by atoms with Gasteiger partial charge < -0.3 is 5.11 Å². The van der Waals surface area contributed by atoms with Crippen molar-refractivity contribution in [2.45, 2.75) is 63.5 Å². The smallest absolute Gasteiger partial charge is 0.240 e. The molecule has 1 fully saturated rings. The Morgan fingerprint density at radius 1 is 1.29 bits per heavy atom. The number of hydrogen-bond acceptors (Lipinski definition) is 3. The molecule has 0 aliphatic heterocycles. The minimum Gasteiger partial charge on any atom is -0.392 e. The van der Waals surface area contributed by atoms with Gasteiger partial charge in [-0.1, -0.05) is 32.8 Å². The molecule has 0 bridgehead atoms. The predicted molar refractivity (Wildman–Crippen MR) is 83.5 cm³/mol. The highest BCUT2D eigenvalue weighted by Gasteiger charge is 2.25. The molecule has 118 valence electrons. The summed E-state index contributed by atoms with van der Waals surface area (Å²) in [6.45, 7) is 4.03. The molecule has 0 heterocycles. The van der Waals surface area contributed by atoms with Gasteiger partial charge >= 0.3 is 0 Å². The second-order valence-electron chi connectivity index (χ2n) is 6.03. The first-order chi connectivity index (χ1) is 9.96. The summed E-state index contributed by atoms with van der Waals surface area (Å²) in [5.41, 5.74) is 1.68. The zero-order valence-corrected chi connectivity index (χ0v) is 13.6. The van der Waals surface area contributed by atoms with Crippen LogP contribution < -0.4 is 4.72 Å². The van der Waals surface area contributed by atoms with Crippen LogP contribution in [0.25, 0.3) is 0 Å². The Kier molecular flexibility index (Phi) is 5.41. The fourth-order valence-corrected chi connectivity index (χ4v) is 4.42. The Hall–Kier alpha value is -0.910. The molecule has 1 saturated carbocycles. The third-order valence-corrected chi connectivity index (χ3v) is 5.82. The maximum atomic E-state index is 12.5. The second-order valence-corrected chi connectivity index (χ2v) is 7.75. The maximum Gasteiger partial charge on any atom is 0.240 e. The van der Waals surface area contributed by atoms with Gasteiger partial charge in [0.25, 0.3) is 0 Å². The third kappa shape index (κ3) is 4.05. The summed E-state index contributed by atoms with van der Waals surface area (Å²) in [4.78, 5) is 0.252. The molecule has 0 spiro atoms. The van der Waals surface area contributed by atoms with Crippen LogP contribution in [0.15, 0.2) is 23.1 Å². The SMILES string of the molecule is CCc1ccc(S(=O)(=O)NC2CCCC(C)C2)cc1CO. The molecule has 2 rings (SSSR count). The molecule has 2 atom stereocenters. The Labute approximate surface area is 127 Å². The monoisotopic (exact) mass is 311 g/mol. The first-order valence-electron chi connectivity index (χ1n) is 7.71. The zero-order valence-electron chi connectivity index (χ0n) is 12.8. The van der Waals surface area contributed by atoms with Gasteiger partial charge in [-0.25, -0.2) is 13.1 Å². The Balaban J connectivity index is 2.19. The summed E-state index contributed by atoms with van der Waals surface area (Å²) in [5.74, 6) is 0.571. The molecule has 0 aromatic heterocycles. The van der Waals surface area contributed by atoms with E-state index in [0.29, 0.717) is 11.5 Å². The van der Waals surface area contributed by atoms with E-state index in [1.54, 1.807) is 18.2 Å². The van der Waals surface area contributed by atoms with Crippen LogP contribution in [0.1, 0.15) is 50.7 Å². The summed E-state index contributed by atoms with van der Waals surface area (Å²) < 4.78 is 27.8. The molecule has 1 aromatic rings. The molecule has 5 heteroatoms. The van der Waals surface area contributed by atoms with Gasteiger partial charge in [0.05, 0.1) is 11.5 Å². The summed E-state index contributed by atoms with van der Waals surface area (Å²) in [7, 11) is -3.50. The topological polar surface area (TPSA) is 66.4 Å². The molecular formula is C16H25NO3S. The molecular weight excluding hydrogens is 286 g/mol. The van der Waals surface area contributed by atoms with Crippen molar-refractivity contribution in [3.8, 4) is 0 Å². The van der Waals surface area contributed by atoms with Gasteiger partial charge in [-0.3, -0.25) is 0 Å². The fourth-order valence-electron chi connectivity index (χ4n) is 3.09. The molecule has 1 aromatic carbocycles. The quantitative estimate of drug-likeness (QED) is 0.878. The Morgan fingerprint density at radius 3 is 2.67 bits per heavy atom. The van der Waals surface area contributed by atoms with E-state index >= 15 is 0 Å². The van der Waals surface area contributed by atoms with Gasteiger partial charge in [-0.15, -0.1) is 0 Å². The zero-order chi connectivity index (χ0) is 15.5. The fraction of sp³-hybridized carbons (Fsp3) is 0.625. The third-order valence-electron chi connectivity index (χ3n) is 4.30. The number of nitrogens with one attached hydrogen (secondary N) is 1. The van der Waals surface area contributed by atoms with Gasteiger partial charge in [0.1, 0.15) is 0 Å². The van der Waals surface area contributed by atoms with Crippen LogP contribution >= 0.6 is 0 Å². The van der Waals surface area contributed by atoms with Crippen molar-refractivity contribution in [1.29, 1.82) is 0 Å². The Morgan fingerprint density at radius 2 is 2.05 bits per heavy atom. The standard InChI is InChI=1S/C16H25NO3S/c1-3-13-7-8-16(10-14(13)11-18)21(19,20)17-15-6-4-5-12(2)9-15/h7-8,10,12,15,17-18H,3-6,9,11H2,1-2H3. The normalized spacial score (nSPS) is 23.2. The average Bonchev–Trinajstić information content (AvgIpc) is 2.46. The molecule has 21 heavy (non-hydrogen) atoms. The van der Waals surface area contributed by atoms with Gasteiger partial charge in [-0.05, 0) is 48.4 Å². The van der Waals surface area contributed by atoms with Crippen LogP contribution in [0.5, 0.6) is 0 Å². The van der Waals surface area contributed by atoms with Crippen LogP contribution in [0.2, 0.25) is 0 Å². The number of aliphatic hydroxyl groups excluding tert-OH is 1. The largest absolute Gasteiger partial charge is 0.392 e. The van der Waals surface area contributed by atoms with Crippen LogP contribution in [0.4, 0.5) is 0 Å². The van der Waals surface area contributed by atoms with Gasteiger partial charge in [0, 0.05) is 6.04 Å². The van der Waals surface area contributed by atoms with Gasteiger partial charge in [-0.2, -0.15) is 0 Å². The lowest BCUT2D eigenvalue weighted by Crippen LogP contribution is -2.38. The van der Waals surface area contributed by atoms with Crippen molar-refractivity contribution < 1.29 is 13.5 Å². The van der Waals surface area contributed by atoms with E-state index in [-0.39, 0.29) is 17.5 Å². The first-order valence-corrected chi connectivity index (χ1v) is 9.19. The van der Waals surface area contributed by atoms with Crippen LogP contribution in [0, 0.1) is 5.92 Å². The van der Waals surface area contributed by atoms with E-state index in [9.17, 15) is 13.5 Å². The Bertz CT molecular complexity index is 583. The molecule has 0 radical (unpaired) electrons. The number of benzene rings is 1. The number of hydrogen-bond donors (Lipinski definition) is 2. The van der Waals surface area contributed by atoms with E-state index in [0.717, 1.165) is 31.2 Å². The van der Waals surface area contributed by atoms with Crippen LogP contribution in [0.3, 0.4) is 0 Å². The summed E-state index contributed by atoms with van der Waals surface area (Å²) in [5, 5.41) is 9.38. The minimum absolute atomic E-state index is 0.0298. The molecule has 1 aliphatic carbocycles. The molecule has 0 saturated heterocycles. The van der Waals surface area contributed by atoms with E-state index in [1.165, 1.54) is 6.42 Å². The lowest BCUT2D eigenvalue weighted by Gasteiger charge is -2.27. The first kappa shape index (κ1) is 16.5. The summed E-state index contributed by atoms with van der Waals surface area (Å²) >= 11 is 0. The molecule has 4 nitrogen and oxygen atoms in total. The van der Waals surface area contributed by atoms with Gasteiger partial charge in [0.2, 0.25) is 10.0 Å². The van der Waals surface area contributed by atoms with Crippen LogP contribution in [-0.4, -0.2) is 19.6 Å². The highest BCUT2D eigenvalue weighted by Crippen LogP contribution is 2.25. The highest BCUT2D eigenvalue weighted by atomic mass is 32.2. The number of aliphatic hydroxyl groups is 1. The maximum absolute atomic E-state index is 12.5. The van der Waals surface area contributed by atoms with Crippen molar-refractivity contribution >= 4 is 10.0 Å². The van der Waals surface area contributed by atoms with E-state index in [1.807, 2.05) is 6.92 Å². The molecule has 0 amide bonds. The lowest BCUT2D eigenvalue weighted by atomic mass is 9.88. The second kappa shape index (κ2) is 6.90. The lowest BCUT2D eigenvalue weighted by molar-refractivity contribution is 0.280. The summed E-state index contributed by atoms with van der Waals surface area (Å²) in [6, 6.07) is 5.05. The number of sulfonamides is 1. The van der Waals surface area contributed by atoms with E-state index < -0.39 is 10.0 Å². The van der Waals surface area contributed by atoms with E-state index in [4.69, 9.17) is 0 Å². The predicted octanol–water partition coefficient (Wildman–Crippen LogP) is 2.60. The minimum atomic E-state index is -3.50. The van der Waals surface area contributed by atoms with Crippen molar-refractivity contribution in [1.82, 2.24) is 4.72 Å². The number of rotatable bonds is 5. The molecule has 2 N–H and O–H groups in total. The molecule has 2 unspecified atom stereocenters. The van der Waals surface area contributed by atoms with Crippen molar-refractivity contribution in [2.75, 3.05) is 0 Å².